The summed E-state index contributed by atoms with van der Waals surface area (Å²) in [6, 6.07) is 5.07. The minimum absolute atomic E-state index is 0.0503. The monoisotopic (exact) mass is 309 g/mol. The molecule has 2 rings (SSSR count). The minimum Gasteiger partial charge on any atom is -0.494 e. The molecule has 6 nitrogen and oxygen atoms in total. The van der Waals surface area contributed by atoms with Crippen molar-refractivity contribution in [2.24, 2.45) is 5.92 Å². The SMILES string of the molecule is COc1ccc(Cl)cc1-n1nnc(C(=O)O)c1CC(C)C. The lowest BCUT2D eigenvalue weighted by molar-refractivity contribution is 0.0689. The Bertz CT molecular complexity index is 667. The van der Waals surface area contributed by atoms with Crippen LogP contribution < -0.4 is 4.74 Å². The lowest BCUT2D eigenvalue weighted by Gasteiger charge is -2.12. The molecule has 0 amide bonds. The number of nitrogens with zero attached hydrogens (tertiary/aromatic N) is 3. The first kappa shape index (κ1) is 15.3. The molecular formula is C14H16ClN3O3. The van der Waals surface area contributed by atoms with Gasteiger partial charge >= 0.3 is 5.97 Å². The smallest absolute Gasteiger partial charge is 0.358 e. The maximum Gasteiger partial charge on any atom is 0.358 e. The van der Waals surface area contributed by atoms with Crippen LogP contribution in [0.15, 0.2) is 18.2 Å². The molecule has 0 atom stereocenters. The largest absolute Gasteiger partial charge is 0.494 e. The predicted octanol–water partition coefficient (Wildman–Crippen LogP) is 2.83. The number of hydrogen-bond acceptors (Lipinski definition) is 4. The highest BCUT2D eigenvalue weighted by Gasteiger charge is 2.22. The van der Waals surface area contributed by atoms with Gasteiger partial charge in [0.05, 0.1) is 12.8 Å². The molecule has 21 heavy (non-hydrogen) atoms. The molecule has 112 valence electrons. The number of aromatic nitrogens is 3. The summed E-state index contributed by atoms with van der Waals surface area (Å²) < 4.78 is 6.77. The van der Waals surface area contributed by atoms with Crippen LogP contribution in [-0.4, -0.2) is 33.2 Å². The highest BCUT2D eigenvalue weighted by Crippen LogP contribution is 2.28. The summed E-state index contributed by atoms with van der Waals surface area (Å²) >= 11 is 6.02. The Labute approximate surface area is 127 Å². The first-order valence-corrected chi connectivity index (χ1v) is 6.83. The van der Waals surface area contributed by atoms with Gasteiger partial charge in [-0.15, -0.1) is 5.10 Å². The second-order valence-corrected chi connectivity index (χ2v) is 5.45. The fourth-order valence-corrected chi connectivity index (χ4v) is 2.23. The summed E-state index contributed by atoms with van der Waals surface area (Å²) in [5.74, 6) is -0.297. The Balaban J connectivity index is 2.63. The van der Waals surface area contributed by atoms with E-state index in [0.29, 0.717) is 28.6 Å². The molecule has 0 saturated carbocycles. The second-order valence-electron chi connectivity index (χ2n) is 5.02. The van der Waals surface area contributed by atoms with E-state index >= 15 is 0 Å². The van der Waals surface area contributed by atoms with Gasteiger partial charge in [0.2, 0.25) is 0 Å². The predicted molar refractivity (Wildman–Crippen MR) is 78.4 cm³/mol. The molecule has 2 aromatic rings. The summed E-state index contributed by atoms with van der Waals surface area (Å²) in [7, 11) is 1.53. The van der Waals surface area contributed by atoms with Crippen LogP contribution >= 0.6 is 11.6 Å². The molecule has 7 heteroatoms. The number of aromatic carboxylic acids is 1. The molecule has 0 bridgehead atoms. The Morgan fingerprint density at radius 3 is 2.76 bits per heavy atom. The van der Waals surface area contributed by atoms with Crippen molar-refractivity contribution >= 4 is 17.6 Å². The maximum atomic E-state index is 11.3. The van der Waals surface area contributed by atoms with E-state index in [2.05, 4.69) is 10.3 Å². The molecule has 0 aliphatic carbocycles. The lowest BCUT2D eigenvalue weighted by Crippen LogP contribution is -2.10. The molecule has 0 spiro atoms. The normalized spacial score (nSPS) is 10.9. The van der Waals surface area contributed by atoms with E-state index in [1.807, 2.05) is 13.8 Å². The Morgan fingerprint density at radius 2 is 2.19 bits per heavy atom. The number of ether oxygens (including phenoxy) is 1. The molecule has 1 heterocycles. The van der Waals surface area contributed by atoms with Gasteiger partial charge in [0.1, 0.15) is 11.4 Å². The first-order valence-electron chi connectivity index (χ1n) is 6.45. The molecule has 1 aromatic heterocycles. The number of carboxylic acid groups (broad SMARTS) is 1. The van der Waals surface area contributed by atoms with Crippen LogP contribution in [0, 0.1) is 5.92 Å². The number of carboxylic acids is 1. The quantitative estimate of drug-likeness (QED) is 0.919. The standard InChI is InChI=1S/C14H16ClN3O3/c1-8(2)6-11-13(14(19)20)16-17-18(11)10-7-9(15)4-5-12(10)21-3/h4-5,7-8H,6H2,1-3H3,(H,19,20). The van der Waals surface area contributed by atoms with Gasteiger partial charge in [0.25, 0.3) is 0 Å². The summed E-state index contributed by atoms with van der Waals surface area (Å²) in [4.78, 5) is 11.3. The molecule has 1 aromatic carbocycles. The summed E-state index contributed by atoms with van der Waals surface area (Å²) in [6.45, 7) is 4.00. The van der Waals surface area contributed by atoms with E-state index in [-0.39, 0.29) is 11.6 Å². The van der Waals surface area contributed by atoms with Crippen LogP contribution in [0.3, 0.4) is 0 Å². The van der Waals surface area contributed by atoms with E-state index in [1.54, 1.807) is 18.2 Å². The zero-order valence-corrected chi connectivity index (χ0v) is 12.8. The first-order chi connectivity index (χ1) is 9.93. The molecule has 0 saturated heterocycles. The Morgan fingerprint density at radius 1 is 1.48 bits per heavy atom. The van der Waals surface area contributed by atoms with Crippen molar-refractivity contribution in [2.75, 3.05) is 7.11 Å². The Hall–Kier alpha value is -2.08. The zero-order chi connectivity index (χ0) is 15.6. The van der Waals surface area contributed by atoms with E-state index in [0.717, 1.165) is 0 Å². The van der Waals surface area contributed by atoms with Crippen molar-refractivity contribution in [1.29, 1.82) is 0 Å². The van der Waals surface area contributed by atoms with Crippen molar-refractivity contribution in [1.82, 2.24) is 15.0 Å². The van der Waals surface area contributed by atoms with Crippen molar-refractivity contribution < 1.29 is 14.6 Å². The summed E-state index contributed by atoms with van der Waals surface area (Å²) in [5, 5.41) is 17.5. The number of halogens is 1. The van der Waals surface area contributed by atoms with Crippen LogP contribution in [0.1, 0.15) is 30.0 Å². The fraction of sp³-hybridized carbons (Fsp3) is 0.357. The van der Waals surface area contributed by atoms with Crippen LogP contribution in [-0.2, 0) is 6.42 Å². The molecule has 0 radical (unpaired) electrons. The molecule has 0 aliphatic rings. The summed E-state index contributed by atoms with van der Waals surface area (Å²) in [5.41, 5.74) is 1.05. The van der Waals surface area contributed by atoms with Crippen LogP contribution in [0.2, 0.25) is 5.02 Å². The maximum absolute atomic E-state index is 11.3. The van der Waals surface area contributed by atoms with Gasteiger partial charge in [-0.1, -0.05) is 30.7 Å². The molecule has 1 N–H and O–H groups in total. The average molecular weight is 310 g/mol. The number of carbonyl (C=O) groups is 1. The molecule has 0 aliphatic heterocycles. The van der Waals surface area contributed by atoms with Crippen LogP contribution in [0.25, 0.3) is 5.69 Å². The average Bonchev–Trinajstić information content (AvgIpc) is 2.81. The second kappa shape index (κ2) is 6.13. The lowest BCUT2D eigenvalue weighted by atomic mass is 10.1. The van der Waals surface area contributed by atoms with Crippen molar-refractivity contribution in [3.05, 3.63) is 34.6 Å². The Kier molecular flexibility index (Phi) is 4.47. The van der Waals surface area contributed by atoms with Crippen LogP contribution in [0.5, 0.6) is 5.75 Å². The van der Waals surface area contributed by atoms with Gasteiger partial charge < -0.3 is 9.84 Å². The van der Waals surface area contributed by atoms with E-state index in [9.17, 15) is 9.90 Å². The highest BCUT2D eigenvalue weighted by atomic mass is 35.5. The van der Waals surface area contributed by atoms with Gasteiger partial charge in [0.15, 0.2) is 5.69 Å². The van der Waals surface area contributed by atoms with E-state index in [1.165, 1.54) is 11.8 Å². The van der Waals surface area contributed by atoms with E-state index in [4.69, 9.17) is 16.3 Å². The van der Waals surface area contributed by atoms with Crippen molar-refractivity contribution in [2.45, 2.75) is 20.3 Å². The number of benzene rings is 1. The summed E-state index contributed by atoms with van der Waals surface area (Å²) in [6.07, 6.45) is 0.532. The van der Waals surface area contributed by atoms with Gasteiger partial charge in [-0.25, -0.2) is 9.48 Å². The molecular weight excluding hydrogens is 294 g/mol. The molecule has 0 fully saturated rings. The fourth-order valence-electron chi connectivity index (χ4n) is 2.06. The topological polar surface area (TPSA) is 77.2 Å². The third-order valence-electron chi connectivity index (χ3n) is 2.94. The van der Waals surface area contributed by atoms with Gasteiger partial charge in [-0.2, -0.15) is 0 Å². The van der Waals surface area contributed by atoms with Crippen molar-refractivity contribution in [3.63, 3.8) is 0 Å². The third kappa shape index (κ3) is 3.16. The van der Waals surface area contributed by atoms with Gasteiger partial charge in [-0.05, 0) is 30.5 Å². The minimum atomic E-state index is -1.10. The van der Waals surface area contributed by atoms with E-state index < -0.39 is 5.97 Å². The number of methoxy groups -OCH3 is 1. The zero-order valence-electron chi connectivity index (χ0n) is 12.0. The number of hydrogen-bond donors (Lipinski definition) is 1. The van der Waals surface area contributed by atoms with Crippen LogP contribution in [0.4, 0.5) is 0 Å². The number of rotatable bonds is 5. The van der Waals surface area contributed by atoms with Crippen molar-refractivity contribution in [3.8, 4) is 11.4 Å². The molecule has 0 unspecified atom stereocenters. The third-order valence-corrected chi connectivity index (χ3v) is 3.17. The van der Waals surface area contributed by atoms with Gasteiger partial charge in [0, 0.05) is 5.02 Å². The highest BCUT2D eigenvalue weighted by molar-refractivity contribution is 6.30. The van der Waals surface area contributed by atoms with Gasteiger partial charge in [-0.3, -0.25) is 0 Å².